The van der Waals surface area contributed by atoms with Gasteiger partial charge in [0.1, 0.15) is 12.2 Å². The van der Waals surface area contributed by atoms with Crippen molar-refractivity contribution in [3.63, 3.8) is 0 Å². The van der Waals surface area contributed by atoms with Crippen molar-refractivity contribution in [2.45, 2.75) is 95.5 Å². The lowest BCUT2D eigenvalue weighted by Crippen LogP contribution is -2.52. The number of epoxide rings is 1. The van der Waals surface area contributed by atoms with Gasteiger partial charge in [-0.1, -0.05) is 30.9 Å². The molecule has 0 aromatic carbocycles. The van der Waals surface area contributed by atoms with E-state index in [1.807, 2.05) is 0 Å². The first kappa shape index (κ1) is 21.0. The SMILES string of the molecule is CC1=CCC[C@@]2(C)O[C@H]2[C@H]2OC(=O)[C@@H](CN3CCN(C4CCCCC4)CC3)[C@@H]2CC1. The number of esters is 1. The van der Waals surface area contributed by atoms with Crippen LogP contribution in [0.4, 0.5) is 0 Å². The van der Waals surface area contributed by atoms with Crippen LogP contribution >= 0.6 is 0 Å². The first-order valence-corrected chi connectivity index (χ1v) is 12.5. The monoisotopic (exact) mass is 416 g/mol. The summed E-state index contributed by atoms with van der Waals surface area (Å²) in [4.78, 5) is 18.2. The zero-order valence-electron chi connectivity index (χ0n) is 19.0. The molecular formula is C25H40N2O3. The lowest BCUT2D eigenvalue weighted by molar-refractivity contribution is -0.145. The van der Waals surface area contributed by atoms with Crippen molar-refractivity contribution >= 4 is 5.97 Å². The molecule has 2 aliphatic carbocycles. The van der Waals surface area contributed by atoms with Crippen LogP contribution in [0.3, 0.4) is 0 Å². The summed E-state index contributed by atoms with van der Waals surface area (Å²) in [5.41, 5.74) is 1.35. The summed E-state index contributed by atoms with van der Waals surface area (Å²) < 4.78 is 12.1. The standard InChI is InChI=1S/C25H40N2O3/c1-18-7-6-12-25(2)23(30-25)22-20(11-10-18)21(24(28)29-22)17-26-13-15-27(16-14-26)19-8-4-3-5-9-19/h7,19-23H,3-6,8-17H2,1-2H3/t20-,21-,22-,23-,25+/m0/s1. The predicted octanol–water partition coefficient (Wildman–Crippen LogP) is 3.77. The first-order chi connectivity index (χ1) is 14.5. The number of hydrogen-bond donors (Lipinski definition) is 0. The number of carbonyl (C=O) groups excluding carboxylic acids is 1. The molecule has 5 atom stereocenters. The summed E-state index contributed by atoms with van der Waals surface area (Å²) in [6, 6.07) is 0.805. The maximum atomic E-state index is 12.9. The predicted molar refractivity (Wildman–Crippen MR) is 117 cm³/mol. The molecule has 0 spiro atoms. The fourth-order valence-corrected chi connectivity index (χ4v) is 6.58. The number of ether oxygens (including phenoxy) is 2. The molecule has 30 heavy (non-hydrogen) atoms. The second-order valence-corrected chi connectivity index (χ2v) is 10.8. The van der Waals surface area contributed by atoms with Gasteiger partial charge in [-0.25, -0.2) is 0 Å². The molecule has 4 fully saturated rings. The number of rotatable bonds is 3. The van der Waals surface area contributed by atoms with Crippen LogP contribution in [0.1, 0.15) is 71.6 Å². The Morgan fingerprint density at radius 1 is 1.10 bits per heavy atom. The van der Waals surface area contributed by atoms with E-state index >= 15 is 0 Å². The molecule has 0 aromatic heterocycles. The van der Waals surface area contributed by atoms with E-state index < -0.39 is 0 Å². The van der Waals surface area contributed by atoms with Crippen LogP contribution in [0.15, 0.2) is 11.6 Å². The lowest BCUT2D eigenvalue weighted by atomic mass is 9.80. The van der Waals surface area contributed by atoms with Crippen LogP contribution in [0.25, 0.3) is 0 Å². The fraction of sp³-hybridized carbons (Fsp3) is 0.880. The van der Waals surface area contributed by atoms with Crippen LogP contribution in [0, 0.1) is 11.8 Å². The van der Waals surface area contributed by atoms with Gasteiger partial charge in [0.05, 0.1) is 11.5 Å². The third-order valence-electron chi connectivity index (χ3n) is 8.69. The fourth-order valence-electron chi connectivity index (χ4n) is 6.58. The molecule has 0 radical (unpaired) electrons. The number of hydrogen-bond acceptors (Lipinski definition) is 5. The smallest absolute Gasteiger partial charge is 0.311 e. The molecule has 0 N–H and O–H groups in total. The molecule has 0 amide bonds. The van der Waals surface area contributed by atoms with Crippen molar-refractivity contribution in [2.75, 3.05) is 32.7 Å². The van der Waals surface area contributed by atoms with E-state index in [0.717, 1.165) is 64.4 Å². The van der Waals surface area contributed by atoms with Gasteiger partial charge >= 0.3 is 5.97 Å². The van der Waals surface area contributed by atoms with E-state index in [2.05, 4.69) is 29.7 Å². The van der Waals surface area contributed by atoms with Crippen molar-refractivity contribution in [3.8, 4) is 0 Å². The molecule has 5 heteroatoms. The Kier molecular flexibility index (Phi) is 5.98. The van der Waals surface area contributed by atoms with Crippen LogP contribution in [-0.4, -0.2) is 72.3 Å². The van der Waals surface area contributed by atoms with E-state index in [4.69, 9.17) is 9.47 Å². The van der Waals surface area contributed by atoms with E-state index in [1.54, 1.807) is 0 Å². The maximum absolute atomic E-state index is 12.9. The van der Waals surface area contributed by atoms with Crippen molar-refractivity contribution in [1.82, 2.24) is 9.80 Å². The van der Waals surface area contributed by atoms with E-state index in [0.29, 0.717) is 5.92 Å². The van der Waals surface area contributed by atoms with Gasteiger partial charge in [0.25, 0.3) is 0 Å². The number of fused-ring (bicyclic) bond motifs is 3. The molecule has 0 unspecified atom stereocenters. The maximum Gasteiger partial charge on any atom is 0.311 e. The van der Waals surface area contributed by atoms with Gasteiger partial charge in [-0.05, 0) is 52.4 Å². The zero-order chi connectivity index (χ0) is 20.7. The van der Waals surface area contributed by atoms with Gasteiger partial charge in [-0.3, -0.25) is 14.6 Å². The molecule has 0 aromatic rings. The highest BCUT2D eigenvalue weighted by Crippen LogP contribution is 2.50. The summed E-state index contributed by atoms with van der Waals surface area (Å²) in [5.74, 6) is 0.331. The second kappa shape index (κ2) is 8.55. The molecule has 3 aliphatic heterocycles. The molecule has 5 rings (SSSR count). The molecule has 5 nitrogen and oxygen atoms in total. The normalized spacial score (nSPS) is 41.5. The highest BCUT2D eigenvalue weighted by atomic mass is 16.6. The minimum atomic E-state index is -0.0994. The average Bonchev–Trinajstić information content (AvgIpc) is 3.33. The molecule has 3 saturated heterocycles. The van der Waals surface area contributed by atoms with Crippen molar-refractivity contribution in [3.05, 3.63) is 11.6 Å². The Morgan fingerprint density at radius 2 is 1.87 bits per heavy atom. The third kappa shape index (κ3) is 4.22. The lowest BCUT2D eigenvalue weighted by Gasteiger charge is -2.41. The summed E-state index contributed by atoms with van der Waals surface area (Å²) in [7, 11) is 0. The Bertz CT molecular complexity index is 665. The summed E-state index contributed by atoms with van der Waals surface area (Å²) in [5, 5.41) is 0. The van der Waals surface area contributed by atoms with Crippen molar-refractivity contribution in [1.29, 1.82) is 0 Å². The second-order valence-electron chi connectivity index (χ2n) is 10.8. The first-order valence-electron chi connectivity index (χ1n) is 12.5. The molecule has 1 saturated carbocycles. The highest BCUT2D eigenvalue weighted by Gasteiger charge is 2.62. The molecule has 0 bridgehead atoms. The summed E-state index contributed by atoms with van der Waals surface area (Å²) in [6.45, 7) is 9.80. The molecule has 3 heterocycles. The molecule has 5 aliphatic rings. The van der Waals surface area contributed by atoms with E-state index in [9.17, 15) is 4.79 Å². The van der Waals surface area contributed by atoms with E-state index in [-0.39, 0.29) is 29.7 Å². The van der Waals surface area contributed by atoms with Gasteiger partial charge in [-0.15, -0.1) is 0 Å². The van der Waals surface area contributed by atoms with Gasteiger partial charge in [0, 0.05) is 44.7 Å². The quantitative estimate of drug-likeness (QED) is 0.398. The molecule has 168 valence electrons. The van der Waals surface area contributed by atoms with Crippen LogP contribution in [0.2, 0.25) is 0 Å². The van der Waals surface area contributed by atoms with E-state index in [1.165, 1.54) is 37.7 Å². The van der Waals surface area contributed by atoms with Crippen LogP contribution in [-0.2, 0) is 14.3 Å². The topological polar surface area (TPSA) is 45.3 Å². The minimum absolute atomic E-state index is 0.0110. The van der Waals surface area contributed by atoms with Crippen LogP contribution in [0.5, 0.6) is 0 Å². The Labute approximate surface area is 182 Å². The van der Waals surface area contributed by atoms with Crippen molar-refractivity contribution < 1.29 is 14.3 Å². The van der Waals surface area contributed by atoms with Crippen molar-refractivity contribution in [2.24, 2.45) is 11.8 Å². The summed E-state index contributed by atoms with van der Waals surface area (Å²) in [6.07, 6.45) is 13.6. The Balaban J connectivity index is 1.22. The van der Waals surface area contributed by atoms with Gasteiger partial charge < -0.3 is 9.47 Å². The number of piperazine rings is 1. The van der Waals surface area contributed by atoms with Crippen LogP contribution < -0.4 is 0 Å². The van der Waals surface area contributed by atoms with Gasteiger partial charge in [0.2, 0.25) is 0 Å². The van der Waals surface area contributed by atoms with Gasteiger partial charge in [0.15, 0.2) is 0 Å². The minimum Gasteiger partial charge on any atom is -0.459 e. The highest BCUT2D eigenvalue weighted by molar-refractivity contribution is 5.75. The number of nitrogens with zero attached hydrogens (tertiary/aromatic N) is 2. The zero-order valence-corrected chi connectivity index (χ0v) is 19.0. The number of carbonyl (C=O) groups is 1. The average molecular weight is 417 g/mol. The largest absolute Gasteiger partial charge is 0.459 e. The third-order valence-corrected chi connectivity index (χ3v) is 8.69. The molecular weight excluding hydrogens is 376 g/mol. The van der Waals surface area contributed by atoms with Gasteiger partial charge in [-0.2, -0.15) is 0 Å². The summed E-state index contributed by atoms with van der Waals surface area (Å²) >= 11 is 0. The Morgan fingerprint density at radius 3 is 2.63 bits per heavy atom. The number of allylic oxidation sites excluding steroid dienone is 2. The Hall–Kier alpha value is -0.910.